The third-order valence-corrected chi connectivity index (χ3v) is 3.35. The number of benzene rings is 1. The summed E-state index contributed by atoms with van der Waals surface area (Å²) in [6, 6.07) is 8.99. The van der Waals surface area contributed by atoms with Crippen molar-refractivity contribution in [2.45, 2.75) is 6.54 Å². The van der Waals surface area contributed by atoms with Crippen molar-refractivity contribution in [1.29, 1.82) is 0 Å². The molecule has 0 saturated carbocycles. The summed E-state index contributed by atoms with van der Waals surface area (Å²) in [5.74, 6) is 1.04. The molecule has 0 aliphatic rings. The first-order chi connectivity index (χ1) is 11.7. The topological polar surface area (TPSA) is 72.5 Å². The van der Waals surface area contributed by atoms with E-state index >= 15 is 0 Å². The second-order valence-electron chi connectivity index (χ2n) is 4.97. The molecule has 0 aliphatic carbocycles. The lowest BCUT2D eigenvalue weighted by Gasteiger charge is -2.10. The third kappa shape index (κ3) is 4.49. The Kier molecular flexibility index (Phi) is 6.19. The maximum Gasteiger partial charge on any atom is 0.270 e. The number of carbonyl (C=O) groups excluding carboxylic acids is 1. The molecule has 1 aromatic carbocycles. The summed E-state index contributed by atoms with van der Waals surface area (Å²) < 4.78 is 10.4. The third-order valence-electron chi connectivity index (χ3n) is 3.35. The van der Waals surface area contributed by atoms with Crippen molar-refractivity contribution in [3.63, 3.8) is 0 Å². The number of hydrogen-bond acceptors (Lipinski definition) is 5. The van der Waals surface area contributed by atoms with Gasteiger partial charge < -0.3 is 20.1 Å². The van der Waals surface area contributed by atoms with Crippen LogP contribution in [0.3, 0.4) is 0 Å². The Morgan fingerprint density at radius 1 is 1.21 bits per heavy atom. The van der Waals surface area contributed by atoms with Crippen LogP contribution in [-0.4, -0.2) is 31.7 Å². The number of hydrogen-bond donors (Lipinski definition) is 2. The summed E-state index contributed by atoms with van der Waals surface area (Å²) >= 11 is 0. The quantitative estimate of drug-likeness (QED) is 0.729. The summed E-state index contributed by atoms with van der Waals surface area (Å²) in [5, 5.41) is 5.94. The van der Waals surface area contributed by atoms with E-state index in [0.29, 0.717) is 30.3 Å². The minimum Gasteiger partial charge on any atom is -0.493 e. The highest BCUT2D eigenvalue weighted by atomic mass is 16.5. The van der Waals surface area contributed by atoms with Crippen LogP contribution in [-0.2, 0) is 6.54 Å². The van der Waals surface area contributed by atoms with Crippen LogP contribution in [0, 0.1) is 0 Å². The van der Waals surface area contributed by atoms with Gasteiger partial charge in [0.05, 0.1) is 26.1 Å². The standard InChI is InChI=1S/C18H21N3O3/c1-4-9-19-14-6-7-15(20-12-14)18(22)21-11-13-5-8-16(23-2)17(10-13)24-3/h4-8,10,12,19H,1,9,11H2,2-3H3,(H,21,22). The molecule has 1 heterocycles. The van der Waals surface area contributed by atoms with Crippen molar-refractivity contribution in [3.8, 4) is 11.5 Å². The Bertz CT molecular complexity index is 699. The van der Waals surface area contributed by atoms with Crippen molar-refractivity contribution in [3.05, 3.63) is 60.4 Å². The molecule has 24 heavy (non-hydrogen) atoms. The van der Waals surface area contributed by atoms with Crippen LogP contribution in [0.15, 0.2) is 49.2 Å². The fraction of sp³-hybridized carbons (Fsp3) is 0.222. The molecule has 1 amide bonds. The molecule has 1 aromatic heterocycles. The molecule has 126 valence electrons. The molecular weight excluding hydrogens is 306 g/mol. The summed E-state index contributed by atoms with van der Waals surface area (Å²) in [7, 11) is 3.16. The SMILES string of the molecule is C=CCNc1ccc(C(=O)NCc2ccc(OC)c(OC)c2)nc1. The first-order valence-corrected chi connectivity index (χ1v) is 7.48. The van der Waals surface area contributed by atoms with Gasteiger partial charge >= 0.3 is 0 Å². The van der Waals surface area contributed by atoms with E-state index in [1.165, 1.54) is 0 Å². The molecule has 0 aliphatic heterocycles. The zero-order valence-corrected chi connectivity index (χ0v) is 13.8. The molecule has 2 aromatic rings. The van der Waals surface area contributed by atoms with Crippen molar-refractivity contribution >= 4 is 11.6 Å². The molecular formula is C18H21N3O3. The Morgan fingerprint density at radius 2 is 2.00 bits per heavy atom. The van der Waals surface area contributed by atoms with E-state index in [-0.39, 0.29) is 5.91 Å². The number of anilines is 1. The van der Waals surface area contributed by atoms with Crippen molar-refractivity contribution in [1.82, 2.24) is 10.3 Å². The van der Waals surface area contributed by atoms with Gasteiger partial charge in [0.2, 0.25) is 0 Å². The maximum atomic E-state index is 12.2. The lowest BCUT2D eigenvalue weighted by Crippen LogP contribution is -2.23. The smallest absolute Gasteiger partial charge is 0.270 e. The number of rotatable bonds is 8. The van der Waals surface area contributed by atoms with Crippen molar-refractivity contribution in [2.24, 2.45) is 0 Å². The van der Waals surface area contributed by atoms with Gasteiger partial charge in [-0.25, -0.2) is 4.98 Å². The van der Waals surface area contributed by atoms with Gasteiger partial charge in [0.1, 0.15) is 5.69 Å². The van der Waals surface area contributed by atoms with Gasteiger partial charge in [0.25, 0.3) is 5.91 Å². The number of methoxy groups -OCH3 is 2. The van der Waals surface area contributed by atoms with Gasteiger partial charge in [-0.3, -0.25) is 4.79 Å². The number of amides is 1. The lowest BCUT2D eigenvalue weighted by molar-refractivity contribution is 0.0946. The number of carbonyl (C=O) groups is 1. The Hall–Kier alpha value is -3.02. The summed E-state index contributed by atoms with van der Waals surface area (Å²) in [4.78, 5) is 16.3. The molecule has 0 saturated heterocycles. The number of ether oxygens (including phenoxy) is 2. The number of nitrogens with zero attached hydrogens (tertiary/aromatic N) is 1. The zero-order valence-electron chi connectivity index (χ0n) is 13.8. The second-order valence-corrected chi connectivity index (χ2v) is 4.97. The van der Waals surface area contributed by atoms with Crippen LogP contribution < -0.4 is 20.1 Å². The van der Waals surface area contributed by atoms with E-state index in [1.807, 2.05) is 18.2 Å². The fourth-order valence-electron chi connectivity index (χ4n) is 2.09. The van der Waals surface area contributed by atoms with Gasteiger partial charge in [-0.2, -0.15) is 0 Å². The monoisotopic (exact) mass is 327 g/mol. The highest BCUT2D eigenvalue weighted by Gasteiger charge is 2.09. The van der Waals surface area contributed by atoms with Crippen LogP contribution in [0.4, 0.5) is 5.69 Å². The number of nitrogens with one attached hydrogen (secondary N) is 2. The van der Waals surface area contributed by atoms with Crippen molar-refractivity contribution < 1.29 is 14.3 Å². The van der Waals surface area contributed by atoms with Crippen LogP contribution in [0.5, 0.6) is 11.5 Å². The van der Waals surface area contributed by atoms with E-state index in [9.17, 15) is 4.79 Å². The first-order valence-electron chi connectivity index (χ1n) is 7.48. The molecule has 0 bridgehead atoms. The average Bonchev–Trinajstić information content (AvgIpc) is 2.64. The normalized spacial score (nSPS) is 9.92. The van der Waals surface area contributed by atoms with Gasteiger partial charge in [-0.15, -0.1) is 6.58 Å². The van der Waals surface area contributed by atoms with Gasteiger partial charge in [0.15, 0.2) is 11.5 Å². The minimum absolute atomic E-state index is 0.236. The first kappa shape index (κ1) is 17.3. The summed E-state index contributed by atoms with van der Waals surface area (Å²) in [6.45, 7) is 4.65. The van der Waals surface area contributed by atoms with E-state index < -0.39 is 0 Å². The summed E-state index contributed by atoms with van der Waals surface area (Å²) in [6.07, 6.45) is 3.37. The predicted molar refractivity (Wildman–Crippen MR) is 93.6 cm³/mol. The van der Waals surface area contributed by atoms with Crippen LogP contribution in [0.1, 0.15) is 16.1 Å². The lowest BCUT2D eigenvalue weighted by atomic mass is 10.2. The Morgan fingerprint density at radius 3 is 2.62 bits per heavy atom. The largest absolute Gasteiger partial charge is 0.493 e. The van der Waals surface area contributed by atoms with E-state index in [1.54, 1.807) is 38.6 Å². The highest BCUT2D eigenvalue weighted by Crippen LogP contribution is 2.27. The summed E-state index contributed by atoms with van der Waals surface area (Å²) in [5.41, 5.74) is 2.11. The molecule has 0 spiro atoms. The van der Waals surface area contributed by atoms with E-state index in [2.05, 4.69) is 22.2 Å². The van der Waals surface area contributed by atoms with Gasteiger partial charge in [0, 0.05) is 13.1 Å². The van der Waals surface area contributed by atoms with Crippen molar-refractivity contribution in [2.75, 3.05) is 26.1 Å². The molecule has 2 N–H and O–H groups in total. The maximum absolute atomic E-state index is 12.2. The molecule has 6 heteroatoms. The number of pyridine rings is 1. The Labute approximate surface area is 141 Å². The second kappa shape index (κ2) is 8.57. The Balaban J connectivity index is 1.96. The predicted octanol–water partition coefficient (Wildman–Crippen LogP) is 2.63. The van der Waals surface area contributed by atoms with Gasteiger partial charge in [-0.1, -0.05) is 12.1 Å². The van der Waals surface area contributed by atoms with E-state index in [0.717, 1.165) is 11.3 Å². The van der Waals surface area contributed by atoms with Gasteiger partial charge in [-0.05, 0) is 29.8 Å². The zero-order chi connectivity index (χ0) is 17.4. The fourth-order valence-corrected chi connectivity index (χ4v) is 2.09. The molecule has 2 rings (SSSR count). The number of aromatic nitrogens is 1. The molecule has 0 atom stereocenters. The van der Waals surface area contributed by atoms with E-state index in [4.69, 9.17) is 9.47 Å². The highest BCUT2D eigenvalue weighted by molar-refractivity contribution is 5.92. The molecule has 0 fully saturated rings. The van der Waals surface area contributed by atoms with Crippen LogP contribution >= 0.6 is 0 Å². The molecule has 0 unspecified atom stereocenters. The average molecular weight is 327 g/mol. The molecule has 0 radical (unpaired) electrons. The van der Waals surface area contributed by atoms with Crippen LogP contribution in [0.2, 0.25) is 0 Å². The van der Waals surface area contributed by atoms with Crippen LogP contribution in [0.25, 0.3) is 0 Å². The molecule has 6 nitrogen and oxygen atoms in total. The minimum atomic E-state index is -0.236.